The first-order valence-corrected chi connectivity index (χ1v) is 7.76. The van der Waals surface area contributed by atoms with Crippen LogP contribution >= 0.6 is 0 Å². The van der Waals surface area contributed by atoms with Crippen LogP contribution in [0.2, 0.25) is 0 Å². The lowest BCUT2D eigenvalue weighted by atomic mass is 10.4. The molecule has 1 aliphatic rings. The van der Waals surface area contributed by atoms with E-state index in [2.05, 4.69) is 9.88 Å². The molecule has 1 aromatic heterocycles. The molecule has 2 rings (SSSR count). The molecule has 0 spiro atoms. The molecule has 0 unspecified atom stereocenters. The van der Waals surface area contributed by atoms with E-state index in [0.717, 1.165) is 18.5 Å². The Labute approximate surface area is 109 Å². The maximum absolute atomic E-state index is 12.3. The summed E-state index contributed by atoms with van der Waals surface area (Å²) in [6.45, 7) is 3.02. The fourth-order valence-corrected chi connectivity index (χ4v) is 3.23. The van der Waals surface area contributed by atoms with Crippen molar-refractivity contribution in [3.8, 4) is 0 Å². The van der Waals surface area contributed by atoms with Crippen LogP contribution in [-0.2, 0) is 16.6 Å². The number of aromatic nitrogens is 1. The van der Waals surface area contributed by atoms with Gasteiger partial charge in [0.15, 0.2) is 0 Å². The van der Waals surface area contributed by atoms with Crippen LogP contribution in [0.5, 0.6) is 0 Å². The molecule has 1 N–H and O–H groups in total. The zero-order chi connectivity index (χ0) is 13.3. The van der Waals surface area contributed by atoms with Crippen LogP contribution in [0, 0.1) is 0 Å². The molecule has 1 heterocycles. The Morgan fingerprint density at radius 2 is 2.17 bits per heavy atom. The molecule has 1 fully saturated rings. The molecule has 0 aromatic carbocycles. The lowest BCUT2D eigenvalue weighted by Crippen LogP contribution is -2.26. The Hall–Kier alpha value is -0.850. The van der Waals surface area contributed by atoms with Crippen LogP contribution in [0.1, 0.15) is 31.5 Å². The van der Waals surface area contributed by atoms with Crippen molar-refractivity contribution in [1.29, 1.82) is 0 Å². The highest BCUT2D eigenvalue weighted by molar-refractivity contribution is 7.89. The first-order valence-electron chi connectivity index (χ1n) is 6.32. The number of hydrogen-bond donors (Lipinski definition) is 1. The van der Waals surface area contributed by atoms with Gasteiger partial charge in [0.2, 0.25) is 10.0 Å². The third-order valence-corrected chi connectivity index (χ3v) is 5.26. The Bertz CT molecular complexity index is 517. The minimum absolute atomic E-state index is 0.406. The van der Waals surface area contributed by atoms with Gasteiger partial charge in [-0.3, -0.25) is 0 Å². The van der Waals surface area contributed by atoms with Crippen molar-refractivity contribution in [2.45, 2.75) is 37.2 Å². The molecule has 1 aliphatic carbocycles. The molecule has 0 bridgehead atoms. The summed E-state index contributed by atoms with van der Waals surface area (Å²) in [7, 11) is 0.154. The molecule has 0 atom stereocenters. The lowest BCUT2D eigenvalue weighted by Gasteiger charge is -2.13. The molecule has 1 aromatic rings. The van der Waals surface area contributed by atoms with Crippen molar-refractivity contribution >= 4 is 10.0 Å². The van der Waals surface area contributed by atoms with Gasteiger partial charge >= 0.3 is 0 Å². The average molecular weight is 271 g/mol. The van der Waals surface area contributed by atoms with Crippen molar-refractivity contribution in [2.24, 2.45) is 0 Å². The second-order valence-electron chi connectivity index (χ2n) is 4.76. The van der Waals surface area contributed by atoms with Gasteiger partial charge in [-0.2, -0.15) is 0 Å². The topological polar surface area (TPSA) is 54.3 Å². The Morgan fingerprint density at radius 3 is 2.67 bits per heavy atom. The predicted molar refractivity (Wildman–Crippen MR) is 71.0 cm³/mol. The molecule has 102 valence electrons. The van der Waals surface area contributed by atoms with E-state index in [4.69, 9.17) is 0 Å². The second-order valence-corrected chi connectivity index (χ2v) is 6.80. The van der Waals surface area contributed by atoms with E-state index in [-0.39, 0.29) is 0 Å². The summed E-state index contributed by atoms with van der Waals surface area (Å²) in [5.74, 6) is 0. The van der Waals surface area contributed by atoms with Gasteiger partial charge in [0.25, 0.3) is 0 Å². The molecular weight excluding hydrogens is 250 g/mol. The van der Waals surface area contributed by atoms with Crippen molar-refractivity contribution in [3.05, 3.63) is 18.0 Å². The van der Waals surface area contributed by atoms with E-state index in [1.54, 1.807) is 19.3 Å². The number of sulfonamides is 1. The fraction of sp³-hybridized carbons (Fsp3) is 0.667. The highest BCUT2D eigenvalue weighted by Gasteiger charge is 2.29. The predicted octanol–water partition coefficient (Wildman–Crippen LogP) is 1.18. The number of nitrogens with one attached hydrogen (secondary N) is 1. The number of hydrogen-bond acceptors (Lipinski definition) is 3. The van der Waals surface area contributed by atoms with Crippen molar-refractivity contribution in [3.63, 3.8) is 0 Å². The molecular formula is C12H21N3O2S. The summed E-state index contributed by atoms with van der Waals surface area (Å²) in [5.41, 5.74) is 1.04. The van der Waals surface area contributed by atoms with Crippen LogP contribution in [0.15, 0.2) is 17.2 Å². The standard InChI is InChI=1S/C12H21N3O2S/c1-4-14(3)18(16,17)12-7-11(8-13-2)15(9-12)10-5-6-10/h7,9-10,13H,4-6,8H2,1-3H3. The van der Waals surface area contributed by atoms with E-state index in [1.807, 2.05) is 14.0 Å². The molecule has 0 radical (unpaired) electrons. The van der Waals surface area contributed by atoms with Gasteiger partial charge in [0, 0.05) is 38.1 Å². The van der Waals surface area contributed by atoms with Gasteiger partial charge in [-0.25, -0.2) is 12.7 Å². The third kappa shape index (κ3) is 2.46. The Kier molecular flexibility index (Phi) is 3.79. The summed E-state index contributed by atoms with van der Waals surface area (Å²) >= 11 is 0. The summed E-state index contributed by atoms with van der Waals surface area (Å²) < 4.78 is 28.0. The maximum atomic E-state index is 12.3. The van der Waals surface area contributed by atoms with Crippen LogP contribution < -0.4 is 5.32 Å². The first-order chi connectivity index (χ1) is 8.50. The fourth-order valence-electron chi connectivity index (χ4n) is 2.00. The first kappa shape index (κ1) is 13.6. The zero-order valence-corrected chi connectivity index (χ0v) is 12.0. The average Bonchev–Trinajstić information content (AvgIpc) is 3.10. The van der Waals surface area contributed by atoms with Crippen LogP contribution in [-0.4, -0.2) is 37.9 Å². The van der Waals surface area contributed by atoms with Crippen molar-refractivity contribution in [1.82, 2.24) is 14.2 Å². The SMILES string of the molecule is CCN(C)S(=O)(=O)c1cc(CNC)n(C2CC2)c1. The molecule has 1 saturated carbocycles. The largest absolute Gasteiger partial charge is 0.346 e. The smallest absolute Gasteiger partial charge is 0.244 e. The number of nitrogens with zero attached hydrogens (tertiary/aromatic N) is 2. The summed E-state index contributed by atoms with van der Waals surface area (Å²) in [6.07, 6.45) is 4.08. The third-order valence-electron chi connectivity index (χ3n) is 3.36. The highest BCUT2D eigenvalue weighted by atomic mass is 32.2. The van der Waals surface area contributed by atoms with Gasteiger partial charge in [-0.05, 0) is 26.0 Å². The van der Waals surface area contributed by atoms with Crippen LogP contribution in [0.25, 0.3) is 0 Å². The van der Waals surface area contributed by atoms with E-state index >= 15 is 0 Å². The monoisotopic (exact) mass is 271 g/mol. The van der Waals surface area contributed by atoms with Gasteiger partial charge in [0.05, 0.1) is 0 Å². The minimum atomic E-state index is -3.33. The molecule has 5 nitrogen and oxygen atoms in total. The molecule has 0 saturated heterocycles. The maximum Gasteiger partial charge on any atom is 0.244 e. The molecule has 6 heteroatoms. The van der Waals surface area contributed by atoms with Gasteiger partial charge in [-0.1, -0.05) is 6.92 Å². The summed E-state index contributed by atoms with van der Waals surface area (Å²) in [6, 6.07) is 2.28. The molecule has 18 heavy (non-hydrogen) atoms. The molecule has 0 amide bonds. The highest BCUT2D eigenvalue weighted by Crippen LogP contribution is 2.37. The zero-order valence-electron chi connectivity index (χ0n) is 11.2. The van der Waals surface area contributed by atoms with Crippen molar-refractivity contribution < 1.29 is 8.42 Å². The lowest BCUT2D eigenvalue weighted by molar-refractivity contribution is 0.486. The quantitative estimate of drug-likeness (QED) is 0.845. The Balaban J connectivity index is 2.37. The van der Waals surface area contributed by atoms with E-state index < -0.39 is 10.0 Å². The van der Waals surface area contributed by atoms with E-state index in [1.165, 1.54) is 4.31 Å². The van der Waals surface area contributed by atoms with E-state index in [9.17, 15) is 8.42 Å². The van der Waals surface area contributed by atoms with Gasteiger partial charge < -0.3 is 9.88 Å². The van der Waals surface area contributed by atoms with Crippen LogP contribution in [0.4, 0.5) is 0 Å². The van der Waals surface area contributed by atoms with Gasteiger partial charge in [-0.15, -0.1) is 0 Å². The number of rotatable bonds is 6. The minimum Gasteiger partial charge on any atom is -0.346 e. The second kappa shape index (κ2) is 5.03. The van der Waals surface area contributed by atoms with Gasteiger partial charge in [0.1, 0.15) is 4.90 Å². The normalized spacial score (nSPS) is 16.4. The summed E-state index contributed by atoms with van der Waals surface area (Å²) in [5, 5.41) is 3.09. The summed E-state index contributed by atoms with van der Waals surface area (Å²) in [4.78, 5) is 0.406. The molecule has 0 aliphatic heterocycles. The Morgan fingerprint density at radius 1 is 1.50 bits per heavy atom. The van der Waals surface area contributed by atoms with E-state index in [0.29, 0.717) is 24.0 Å². The van der Waals surface area contributed by atoms with Crippen molar-refractivity contribution in [2.75, 3.05) is 20.6 Å². The van der Waals surface area contributed by atoms with Crippen LogP contribution in [0.3, 0.4) is 0 Å².